The first-order valence-corrected chi connectivity index (χ1v) is 6.66. The summed E-state index contributed by atoms with van der Waals surface area (Å²) in [7, 11) is 0. The van der Waals surface area contributed by atoms with E-state index in [2.05, 4.69) is 28.2 Å². The summed E-state index contributed by atoms with van der Waals surface area (Å²) in [5.74, 6) is -0.121. The van der Waals surface area contributed by atoms with E-state index in [4.69, 9.17) is 5.73 Å². The molecule has 0 aliphatic heterocycles. The van der Waals surface area contributed by atoms with Crippen LogP contribution in [0.15, 0.2) is 22.7 Å². The molecule has 0 radical (unpaired) electrons. The molecule has 1 atom stereocenters. The average Bonchev–Trinajstić information content (AvgIpc) is 2.30. The maximum absolute atomic E-state index is 11.8. The third-order valence-electron chi connectivity index (χ3n) is 2.59. The molecule has 3 nitrogen and oxygen atoms in total. The zero-order chi connectivity index (χ0) is 12.8. The maximum atomic E-state index is 11.8. The topological polar surface area (TPSA) is 55.1 Å². The van der Waals surface area contributed by atoms with Crippen LogP contribution < -0.4 is 11.1 Å². The van der Waals surface area contributed by atoms with Crippen molar-refractivity contribution < 1.29 is 4.79 Å². The van der Waals surface area contributed by atoms with Gasteiger partial charge >= 0.3 is 0 Å². The van der Waals surface area contributed by atoms with Crippen LogP contribution in [-0.2, 0) is 4.79 Å². The fraction of sp³-hybridized carbons (Fsp3) is 0.462. The second kappa shape index (κ2) is 6.77. The molecule has 0 heterocycles. The van der Waals surface area contributed by atoms with Crippen LogP contribution in [-0.4, -0.2) is 11.9 Å². The second-order valence-corrected chi connectivity index (χ2v) is 5.08. The summed E-state index contributed by atoms with van der Waals surface area (Å²) in [5, 5.41) is 2.85. The molecule has 0 aromatic heterocycles. The molecule has 0 aliphatic carbocycles. The van der Waals surface area contributed by atoms with E-state index in [1.165, 1.54) is 0 Å². The van der Waals surface area contributed by atoms with Crippen molar-refractivity contribution in [2.24, 2.45) is 5.73 Å². The lowest BCUT2D eigenvalue weighted by Crippen LogP contribution is -2.35. The van der Waals surface area contributed by atoms with Gasteiger partial charge in [0, 0.05) is 4.47 Å². The van der Waals surface area contributed by atoms with Crippen molar-refractivity contribution in [1.29, 1.82) is 0 Å². The van der Waals surface area contributed by atoms with Crippen molar-refractivity contribution in [3.05, 3.63) is 28.2 Å². The predicted octanol–water partition coefficient (Wildman–Crippen LogP) is 3.21. The zero-order valence-corrected chi connectivity index (χ0v) is 11.9. The molecule has 0 fully saturated rings. The van der Waals surface area contributed by atoms with E-state index in [0.717, 1.165) is 35.0 Å². The first-order chi connectivity index (χ1) is 8.04. The summed E-state index contributed by atoms with van der Waals surface area (Å²) in [6.07, 6.45) is 2.75. The third kappa shape index (κ3) is 4.48. The first-order valence-electron chi connectivity index (χ1n) is 5.87. The van der Waals surface area contributed by atoms with E-state index in [9.17, 15) is 4.79 Å². The van der Waals surface area contributed by atoms with Gasteiger partial charge in [-0.1, -0.05) is 25.8 Å². The predicted molar refractivity (Wildman–Crippen MR) is 75.0 cm³/mol. The van der Waals surface area contributed by atoms with Crippen LogP contribution in [0.3, 0.4) is 0 Å². The molecule has 1 aromatic rings. The summed E-state index contributed by atoms with van der Waals surface area (Å²) in [6, 6.07) is 5.40. The Labute approximate surface area is 111 Å². The number of hydrogen-bond donors (Lipinski definition) is 2. The van der Waals surface area contributed by atoms with Gasteiger partial charge in [-0.2, -0.15) is 0 Å². The van der Waals surface area contributed by atoms with Crippen LogP contribution in [0.5, 0.6) is 0 Å². The average molecular weight is 299 g/mol. The molecule has 0 saturated carbocycles. The van der Waals surface area contributed by atoms with Gasteiger partial charge in [0.05, 0.1) is 11.7 Å². The molecular weight excluding hydrogens is 280 g/mol. The van der Waals surface area contributed by atoms with Crippen molar-refractivity contribution in [3.63, 3.8) is 0 Å². The molecule has 4 heteroatoms. The molecule has 0 unspecified atom stereocenters. The van der Waals surface area contributed by atoms with Crippen molar-refractivity contribution in [1.82, 2.24) is 0 Å². The summed E-state index contributed by atoms with van der Waals surface area (Å²) >= 11 is 3.41. The van der Waals surface area contributed by atoms with Gasteiger partial charge in [0.15, 0.2) is 0 Å². The number of aryl methyl sites for hydroxylation is 1. The van der Waals surface area contributed by atoms with Crippen LogP contribution >= 0.6 is 15.9 Å². The number of hydrogen-bond acceptors (Lipinski definition) is 2. The quantitative estimate of drug-likeness (QED) is 0.877. The Morgan fingerprint density at radius 2 is 2.24 bits per heavy atom. The Morgan fingerprint density at radius 3 is 2.88 bits per heavy atom. The van der Waals surface area contributed by atoms with Crippen LogP contribution in [0.25, 0.3) is 0 Å². The van der Waals surface area contributed by atoms with Crippen LogP contribution in [0.1, 0.15) is 31.7 Å². The lowest BCUT2D eigenvalue weighted by molar-refractivity contribution is -0.117. The lowest BCUT2D eigenvalue weighted by atomic mass is 10.1. The van der Waals surface area contributed by atoms with Gasteiger partial charge in [0.2, 0.25) is 5.91 Å². The van der Waals surface area contributed by atoms with Crippen molar-refractivity contribution in [2.45, 2.75) is 39.2 Å². The molecular formula is C13H19BrN2O. The molecule has 1 aromatic carbocycles. The number of rotatable bonds is 5. The fourth-order valence-corrected chi connectivity index (χ4v) is 1.86. The number of carbonyl (C=O) groups excluding carboxylic acids is 1. The van der Waals surface area contributed by atoms with E-state index in [0.29, 0.717) is 0 Å². The minimum atomic E-state index is -0.428. The Bertz CT molecular complexity index is 393. The minimum absolute atomic E-state index is 0.121. The minimum Gasteiger partial charge on any atom is -0.324 e. The van der Waals surface area contributed by atoms with Crippen molar-refractivity contribution >= 4 is 27.5 Å². The Morgan fingerprint density at radius 1 is 1.53 bits per heavy atom. The highest BCUT2D eigenvalue weighted by atomic mass is 79.9. The van der Waals surface area contributed by atoms with E-state index in [1.807, 2.05) is 25.1 Å². The van der Waals surface area contributed by atoms with Crippen LogP contribution in [0.2, 0.25) is 0 Å². The van der Waals surface area contributed by atoms with E-state index >= 15 is 0 Å². The standard InChI is InChI=1S/C13H19BrN2O/c1-3-4-5-11(15)13(17)16-12-8-9(2)6-7-10(12)14/h6-8,11H,3-5,15H2,1-2H3,(H,16,17)/t11-/m0/s1. The summed E-state index contributed by atoms with van der Waals surface area (Å²) in [6.45, 7) is 4.07. The molecule has 0 saturated heterocycles. The first kappa shape index (κ1) is 14.2. The lowest BCUT2D eigenvalue weighted by Gasteiger charge is -2.13. The third-order valence-corrected chi connectivity index (χ3v) is 3.28. The summed E-state index contributed by atoms with van der Waals surface area (Å²) in [4.78, 5) is 11.8. The van der Waals surface area contributed by atoms with E-state index in [1.54, 1.807) is 0 Å². The Balaban J connectivity index is 2.64. The van der Waals surface area contributed by atoms with Gasteiger partial charge in [-0.25, -0.2) is 0 Å². The molecule has 1 amide bonds. The largest absolute Gasteiger partial charge is 0.324 e. The fourth-order valence-electron chi connectivity index (χ4n) is 1.52. The Kier molecular flexibility index (Phi) is 5.65. The molecule has 0 spiro atoms. The van der Waals surface area contributed by atoms with E-state index < -0.39 is 6.04 Å². The SMILES string of the molecule is CCCC[C@H](N)C(=O)Nc1cc(C)ccc1Br. The zero-order valence-electron chi connectivity index (χ0n) is 10.3. The number of amides is 1. The number of unbranched alkanes of at least 4 members (excludes halogenated alkanes) is 1. The summed E-state index contributed by atoms with van der Waals surface area (Å²) < 4.78 is 0.874. The molecule has 17 heavy (non-hydrogen) atoms. The second-order valence-electron chi connectivity index (χ2n) is 4.22. The van der Waals surface area contributed by atoms with Crippen LogP contribution in [0, 0.1) is 6.92 Å². The number of nitrogens with two attached hydrogens (primary N) is 1. The molecule has 0 bridgehead atoms. The highest BCUT2D eigenvalue weighted by Gasteiger charge is 2.13. The van der Waals surface area contributed by atoms with Gasteiger partial charge in [-0.05, 0) is 47.0 Å². The van der Waals surface area contributed by atoms with Gasteiger partial charge in [-0.15, -0.1) is 0 Å². The van der Waals surface area contributed by atoms with Crippen molar-refractivity contribution in [2.75, 3.05) is 5.32 Å². The molecule has 3 N–H and O–H groups in total. The van der Waals surface area contributed by atoms with Gasteiger partial charge in [-0.3, -0.25) is 4.79 Å². The number of nitrogens with one attached hydrogen (secondary N) is 1. The molecule has 94 valence electrons. The van der Waals surface area contributed by atoms with Gasteiger partial charge in [0.1, 0.15) is 0 Å². The summed E-state index contributed by atoms with van der Waals surface area (Å²) in [5.41, 5.74) is 7.69. The highest BCUT2D eigenvalue weighted by molar-refractivity contribution is 9.10. The number of halogens is 1. The molecule has 1 rings (SSSR count). The van der Waals surface area contributed by atoms with Crippen molar-refractivity contribution in [3.8, 4) is 0 Å². The number of benzene rings is 1. The van der Waals surface area contributed by atoms with Gasteiger partial charge in [0.25, 0.3) is 0 Å². The molecule has 0 aliphatic rings. The number of carbonyl (C=O) groups is 1. The van der Waals surface area contributed by atoms with Gasteiger partial charge < -0.3 is 11.1 Å². The van der Waals surface area contributed by atoms with E-state index in [-0.39, 0.29) is 5.91 Å². The number of anilines is 1. The maximum Gasteiger partial charge on any atom is 0.241 e. The highest BCUT2D eigenvalue weighted by Crippen LogP contribution is 2.23. The smallest absolute Gasteiger partial charge is 0.241 e. The monoisotopic (exact) mass is 298 g/mol. The Hall–Kier alpha value is -0.870. The van der Waals surface area contributed by atoms with Crippen LogP contribution in [0.4, 0.5) is 5.69 Å². The normalized spacial score (nSPS) is 12.2.